The van der Waals surface area contributed by atoms with Crippen molar-refractivity contribution in [3.8, 4) is 0 Å². The van der Waals surface area contributed by atoms with Crippen molar-refractivity contribution in [2.24, 2.45) is 0 Å². The highest BCUT2D eigenvalue weighted by Crippen LogP contribution is 2.23. The molecule has 1 fully saturated rings. The number of halogens is 2. The minimum atomic E-state index is -0.323. The van der Waals surface area contributed by atoms with Crippen LogP contribution in [0.15, 0.2) is 42.5 Å². The number of rotatable bonds is 5. The molecule has 25 heavy (non-hydrogen) atoms. The summed E-state index contributed by atoms with van der Waals surface area (Å²) in [5.41, 5.74) is 2.50. The normalized spacial score (nSPS) is 14.0. The quantitative estimate of drug-likeness (QED) is 0.725. The number of amides is 1. The van der Waals surface area contributed by atoms with Crippen LogP contribution in [0.25, 0.3) is 0 Å². The van der Waals surface area contributed by atoms with Gasteiger partial charge in [-0.05, 0) is 41.8 Å². The molecule has 0 radical (unpaired) electrons. The lowest BCUT2D eigenvalue weighted by atomic mass is 10.1. The van der Waals surface area contributed by atoms with Crippen LogP contribution >= 0.6 is 23.2 Å². The van der Waals surface area contributed by atoms with Crippen molar-refractivity contribution in [1.82, 2.24) is 0 Å². The van der Waals surface area contributed by atoms with Crippen LogP contribution in [0.5, 0.6) is 0 Å². The summed E-state index contributed by atoms with van der Waals surface area (Å²) in [6.07, 6.45) is 1.67. The molecule has 130 valence electrons. The second-order valence-corrected chi connectivity index (χ2v) is 6.72. The Balaban J connectivity index is 1.54. The molecule has 0 saturated carbocycles. The Bertz CT molecular complexity index is 790. The molecule has 3 rings (SSSR count). The monoisotopic (exact) mass is 377 g/mol. The summed E-state index contributed by atoms with van der Waals surface area (Å²) >= 11 is 11.8. The molecule has 0 aliphatic carbocycles. The van der Waals surface area contributed by atoms with Crippen LogP contribution in [0.3, 0.4) is 0 Å². The van der Waals surface area contributed by atoms with Gasteiger partial charge in [0, 0.05) is 18.7 Å². The van der Waals surface area contributed by atoms with E-state index in [1.54, 1.807) is 23.1 Å². The molecule has 2 aromatic rings. The van der Waals surface area contributed by atoms with E-state index >= 15 is 0 Å². The van der Waals surface area contributed by atoms with E-state index in [9.17, 15) is 9.59 Å². The number of benzene rings is 2. The first kappa shape index (κ1) is 17.8. The average Bonchev–Trinajstić information content (AvgIpc) is 3.03. The first-order chi connectivity index (χ1) is 12.0. The van der Waals surface area contributed by atoms with Crippen molar-refractivity contribution in [3.63, 3.8) is 0 Å². The molecule has 2 aromatic carbocycles. The van der Waals surface area contributed by atoms with Crippen molar-refractivity contribution < 1.29 is 14.3 Å². The molecule has 1 aliphatic rings. The van der Waals surface area contributed by atoms with Crippen LogP contribution < -0.4 is 4.90 Å². The highest BCUT2D eigenvalue weighted by Gasteiger charge is 2.21. The highest BCUT2D eigenvalue weighted by molar-refractivity contribution is 6.42. The summed E-state index contributed by atoms with van der Waals surface area (Å²) in [4.78, 5) is 25.5. The lowest BCUT2D eigenvalue weighted by Crippen LogP contribution is -2.23. The maximum atomic E-state index is 12.0. The van der Waals surface area contributed by atoms with Crippen LogP contribution in [-0.2, 0) is 27.4 Å². The lowest BCUT2D eigenvalue weighted by Gasteiger charge is -2.15. The van der Waals surface area contributed by atoms with E-state index in [-0.39, 0.29) is 24.9 Å². The number of esters is 1. The number of hydrogen-bond donors (Lipinski definition) is 0. The van der Waals surface area contributed by atoms with Gasteiger partial charge >= 0.3 is 5.97 Å². The molecular weight excluding hydrogens is 361 g/mol. The Morgan fingerprint density at radius 3 is 2.40 bits per heavy atom. The molecule has 0 atom stereocenters. The number of carbonyl (C=O) groups excluding carboxylic acids is 2. The van der Waals surface area contributed by atoms with E-state index in [0.29, 0.717) is 16.5 Å². The molecule has 1 heterocycles. The number of ether oxygens (including phenoxy) is 1. The SMILES string of the molecule is O=C(Cc1ccc(N2CCCC2=O)cc1)OCc1ccc(Cl)c(Cl)c1. The third-order valence-corrected chi connectivity index (χ3v) is 4.79. The first-order valence-electron chi connectivity index (χ1n) is 8.02. The first-order valence-corrected chi connectivity index (χ1v) is 8.77. The standard InChI is InChI=1S/C19H17Cl2NO3/c20-16-8-5-14(10-17(16)21)12-25-19(24)11-13-3-6-15(7-4-13)22-9-1-2-18(22)23/h3-8,10H,1-2,9,11-12H2. The van der Waals surface area contributed by atoms with E-state index in [1.807, 2.05) is 24.3 Å². The Hall–Kier alpha value is -2.04. The smallest absolute Gasteiger partial charge is 0.310 e. The van der Waals surface area contributed by atoms with Crippen molar-refractivity contribution in [2.45, 2.75) is 25.9 Å². The molecule has 4 nitrogen and oxygen atoms in total. The average molecular weight is 378 g/mol. The number of anilines is 1. The minimum absolute atomic E-state index is 0.147. The predicted molar refractivity (Wildman–Crippen MR) is 98.0 cm³/mol. The van der Waals surface area contributed by atoms with Crippen molar-refractivity contribution >= 4 is 40.8 Å². The molecule has 1 saturated heterocycles. The molecule has 0 N–H and O–H groups in total. The van der Waals surface area contributed by atoms with E-state index in [1.165, 1.54) is 0 Å². The molecule has 6 heteroatoms. The fourth-order valence-corrected chi connectivity index (χ4v) is 3.05. The summed E-state index contributed by atoms with van der Waals surface area (Å²) in [6.45, 7) is 0.903. The van der Waals surface area contributed by atoms with Crippen LogP contribution in [-0.4, -0.2) is 18.4 Å². The predicted octanol–water partition coefficient (Wildman–Crippen LogP) is 4.41. The van der Waals surface area contributed by atoms with Gasteiger partial charge in [0.2, 0.25) is 5.91 Å². The fourth-order valence-electron chi connectivity index (χ4n) is 2.73. The molecule has 1 amide bonds. The number of nitrogens with zero attached hydrogens (tertiary/aromatic N) is 1. The van der Waals surface area contributed by atoms with Crippen LogP contribution in [0, 0.1) is 0 Å². The third kappa shape index (κ3) is 4.53. The van der Waals surface area contributed by atoms with Gasteiger partial charge in [0.1, 0.15) is 6.61 Å². The Morgan fingerprint density at radius 1 is 1.04 bits per heavy atom. The zero-order valence-electron chi connectivity index (χ0n) is 13.5. The second-order valence-electron chi connectivity index (χ2n) is 5.90. The summed E-state index contributed by atoms with van der Waals surface area (Å²) in [6, 6.07) is 12.5. The Labute approximate surface area is 156 Å². The van der Waals surface area contributed by atoms with Crippen molar-refractivity contribution in [2.75, 3.05) is 11.4 Å². The molecule has 0 bridgehead atoms. The van der Waals surface area contributed by atoms with E-state index in [2.05, 4.69) is 0 Å². The van der Waals surface area contributed by atoms with Gasteiger partial charge in [-0.25, -0.2) is 0 Å². The van der Waals surface area contributed by atoms with Gasteiger partial charge in [0.25, 0.3) is 0 Å². The van der Waals surface area contributed by atoms with Gasteiger partial charge < -0.3 is 9.64 Å². The van der Waals surface area contributed by atoms with Gasteiger partial charge in [-0.3, -0.25) is 9.59 Å². The largest absolute Gasteiger partial charge is 0.461 e. The van der Waals surface area contributed by atoms with Crippen molar-refractivity contribution in [3.05, 3.63) is 63.6 Å². The second kappa shape index (κ2) is 7.89. The lowest BCUT2D eigenvalue weighted by molar-refractivity contribution is -0.144. The van der Waals surface area contributed by atoms with Crippen molar-refractivity contribution in [1.29, 1.82) is 0 Å². The summed E-state index contributed by atoms with van der Waals surface area (Å²) in [7, 11) is 0. The van der Waals surface area contributed by atoms with Crippen LogP contribution in [0.4, 0.5) is 5.69 Å². The molecule has 0 spiro atoms. The van der Waals surface area contributed by atoms with Gasteiger partial charge in [-0.15, -0.1) is 0 Å². The number of hydrogen-bond acceptors (Lipinski definition) is 3. The maximum Gasteiger partial charge on any atom is 0.310 e. The molecular formula is C19H17Cl2NO3. The molecule has 0 aromatic heterocycles. The van der Waals surface area contributed by atoms with Crippen LogP contribution in [0.1, 0.15) is 24.0 Å². The van der Waals surface area contributed by atoms with E-state index in [4.69, 9.17) is 27.9 Å². The molecule has 1 aliphatic heterocycles. The zero-order chi connectivity index (χ0) is 17.8. The topological polar surface area (TPSA) is 46.6 Å². The summed E-state index contributed by atoms with van der Waals surface area (Å²) < 4.78 is 5.27. The summed E-state index contributed by atoms with van der Waals surface area (Å²) in [5, 5.41) is 0.899. The van der Waals surface area contributed by atoms with Gasteiger partial charge in [0.05, 0.1) is 16.5 Å². The minimum Gasteiger partial charge on any atom is -0.461 e. The van der Waals surface area contributed by atoms with Gasteiger partial charge in [-0.1, -0.05) is 41.4 Å². The van der Waals surface area contributed by atoms with Gasteiger partial charge in [0.15, 0.2) is 0 Å². The summed E-state index contributed by atoms with van der Waals surface area (Å²) in [5.74, 6) is -0.176. The van der Waals surface area contributed by atoms with Gasteiger partial charge in [-0.2, -0.15) is 0 Å². The Morgan fingerprint density at radius 2 is 1.76 bits per heavy atom. The maximum absolute atomic E-state index is 12.0. The third-order valence-electron chi connectivity index (χ3n) is 4.05. The number of carbonyl (C=O) groups is 2. The van der Waals surface area contributed by atoms with E-state index < -0.39 is 0 Å². The zero-order valence-corrected chi connectivity index (χ0v) is 15.0. The fraction of sp³-hybridized carbons (Fsp3) is 0.263. The Kier molecular flexibility index (Phi) is 5.61. The van der Waals surface area contributed by atoms with Crippen LogP contribution in [0.2, 0.25) is 10.0 Å². The highest BCUT2D eigenvalue weighted by atomic mass is 35.5. The van der Waals surface area contributed by atoms with E-state index in [0.717, 1.165) is 29.8 Å². The molecule has 0 unspecified atom stereocenters.